The molecule has 0 radical (unpaired) electrons. The summed E-state index contributed by atoms with van der Waals surface area (Å²) in [6.45, 7) is 0. The number of carbonyl (C=O) groups excluding carboxylic acids is 2. The maximum absolute atomic E-state index is 13.6. The van der Waals surface area contributed by atoms with Gasteiger partial charge in [0.15, 0.2) is 5.69 Å². The van der Waals surface area contributed by atoms with E-state index in [-0.39, 0.29) is 28.7 Å². The van der Waals surface area contributed by atoms with E-state index in [1.54, 1.807) is 6.07 Å². The number of hydrogen-bond donors (Lipinski definition) is 3. The van der Waals surface area contributed by atoms with E-state index in [0.29, 0.717) is 24.9 Å². The largest absolute Gasteiger partial charge is 0.419 e. The van der Waals surface area contributed by atoms with Crippen LogP contribution in [0.1, 0.15) is 33.6 Å². The van der Waals surface area contributed by atoms with Crippen LogP contribution in [0.5, 0.6) is 0 Å². The van der Waals surface area contributed by atoms with Gasteiger partial charge in [0, 0.05) is 44.0 Å². The Labute approximate surface area is 187 Å². The minimum absolute atomic E-state index is 0.0383. The average Bonchev–Trinajstić information content (AvgIpc) is 2.78. The van der Waals surface area contributed by atoms with Crippen LogP contribution in [0.3, 0.4) is 0 Å². The maximum atomic E-state index is 13.6. The van der Waals surface area contributed by atoms with Crippen LogP contribution < -0.4 is 16.0 Å². The van der Waals surface area contributed by atoms with Crippen molar-refractivity contribution in [1.29, 1.82) is 0 Å². The van der Waals surface area contributed by atoms with Crippen molar-refractivity contribution in [1.82, 2.24) is 15.3 Å². The van der Waals surface area contributed by atoms with Gasteiger partial charge in [-0.3, -0.25) is 9.59 Å². The molecule has 170 valence electrons. The molecule has 7 nitrogen and oxygen atoms in total. The molecule has 3 N–H and O–H groups in total. The van der Waals surface area contributed by atoms with Crippen molar-refractivity contribution in [2.75, 3.05) is 17.7 Å². The van der Waals surface area contributed by atoms with Crippen LogP contribution in [0.2, 0.25) is 0 Å². The predicted molar refractivity (Wildman–Crippen MR) is 117 cm³/mol. The summed E-state index contributed by atoms with van der Waals surface area (Å²) in [5, 5.41) is 8.12. The number of aryl methyl sites for hydroxylation is 1. The summed E-state index contributed by atoms with van der Waals surface area (Å²) in [6, 6.07) is 9.68. The van der Waals surface area contributed by atoms with Crippen molar-refractivity contribution in [2.45, 2.75) is 25.4 Å². The molecule has 0 spiro atoms. The zero-order chi connectivity index (χ0) is 23.6. The van der Waals surface area contributed by atoms with Crippen molar-refractivity contribution in [3.63, 3.8) is 0 Å². The fourth-order valence-corrected chi connectivity index (χ4v) is 3.64. The second-order valence-electron chi connectivity index (χ2n) is 7.54. The van der Waals surface area contributed by atoms with E-state index in [0.717, 1.165) is 17.3 Å². The van der Waals surface area contributed by atoms with Gasteiger partial charge in [-0.05, 0) is 41.8 Å². The number of carbonyl (C=O) groups is 2. The topological polar surface area (TPSA) is 96.0 Å². The Balaban J connectivity index is 1.67. The number of aromatic nitrogens is 2. The molecule has 0 saturated carbocycles. The van der Waals surface area contributed by atoms with Gasteiger partial charge in [-0.2, -0.15) is 13.2 Å². The van der Waals surface area contributed by atoms with Gasteiger partial charge in [0.25, 0.3) is 5.91 Å². The van der Waals surface area contributed by atoms with Crippen LogP contribution in [-0.4, -0.2) is 28.7 Å². The van der Waals surface area contributed by atoms with E-state index in [9.17, 15) is 22.8 Å². The number of pyridine rings is 2. The van der Waals surface area contributed by atoms with E-state index in [4.69, 9.17) is 0 Å². The number of rotatable bonds is 5. The number of amides is 1. The van der Waals surface area contributed by atoms with Crippen LogP contribution in [0.15, 0.2) is 48.8 Å². The van der Waals surface area contributed by atoms with Gasteiger partial charge in [0.1, 0.15) is 11.6 Å². The molecule has 1 amide bonds. The van der Waals surface area contributed by atoms with Gasteiger partial charge in [-0.15, -0.1) is 0 Å². The van der Waals surface area contributed by atoms with Crippen molar-refractivity contribution in [3.8, 4) is 0 Å². The molecule has 0 aliphatic heterocycles. The molecule has 0 unspecified atom stereocenters. The van der Waals surface area contributed by atoms with E-state index < -0.39 is 17.6 Å². The number of alkyl halides is 3. The molecule has 1 aliphatic carbocycles. The summed E-state index contributed by atoms with van der Waals surface area (Å²) >= 11 is 0. The predicted octanol–water partition coefficient (Wildman–Crippen LogP) is 4.40. The summed E-state index contributed by atoms with van der Waals surface area (Å²) < 4.78 is 40.9. The minimum atomic E-state index is -4.67. The normalized spacial score (nSPS) is 13.3. The van der Waals surface area contributed by atoms with Gasteiger partial charge in [0.05, 0.1) is 16.9 Å². The highest BCUT2D eigenvalue weighted by atomic mass is 19.4. The molecule has 3 aromatic rings. The molecule has 0 fully saturated rings. The molecule has 0 atom stereocenters. The Morgan fingerprint density at radius 3 is 2.58 bits per heavy atom. The average molecular weight is 455 g/mol. The zero-order valence-corrected chi connectivity index (χ0v) is 17.6. The Bertz CT molecular complexity index is 1230. The number of nitrogens with zero attached hydrogens (tertiary/aromatic N) is 2. The quantitative estimate of drug-likeness (QED) is 0.528. The fourth-order valence-electron chi connectivity index (χ4n) is 3.64. The Hall–Kier alpha value is -3.95. The second-order valence-corrected chi connectivity index (χ2v) is 7.54. The molecule has 1 aromatic carbocycles. The number of nitrogens with one attached hydrogen (secondary N) is 3. The number of halogens is 3. The molecule has 4 rings (SSSR count). The van der Waals surface area contributed by atoms with Crippen molar-refractivity contribution >= 4 is 34.6 Å². The van der Waals surface area contributed by atoms with E-state index in [1.165, 1.54) is 31.4 Å². The number of ketones is 1. The highest BCUT2D eigenvalue weighted by molar-refractivity contribution is 5.98. The maximum Gasteiger partial charge on any atom is 0.419 e. The smallest absolute Gasteiger partial charge is 0.354 e. The zero-order valence-electron chi connectivity index (χ0n) is 17.6. The van der Waals surface area contributed by atoms with E-state index >= 15 is 0 Å². The molecular weight excluding hydrogens is 435 g/mol. The molecule has 33 heavy (non-hydrogen) atoms. The first kappa shape index (κ1) is 22.3. The number of fused-ring (bicyclic) bond motifs is 1. The first-order valence-corrected chi connectivity index (χ1v) is 10.2. The number of hydrogen-bond acceptors (Lipinski definition) is 6. The van der Waals surface area contributed by atoms with Gasteiger partial charge in [-0.25, -0.2) is 9.97 Å². The fraction of sp³-hybridized carbons (Fsp3) is 0.217. The summed E-state index contributed by atoms with van der Waals surface area (Å²) in [5.74, 6) is -0.163. The Morgan fingerprint density at radius 1 is 1.00 bits per heavy atom. The van der Waals surface area contributed by atoms with Gasteiger partial charge in [0.2, 0.25) is 0 Å². The summed E-state index contributed by atoms with van der Waals surface area (Å²) in [7, 11) is 1.41. The molecule has 0 bridgehead atoms. The third-order valence-corrected chi connectivity index (χ3v) is 5.27. The van der Waals surface area contributed by atoms with Crippen molar-refractivity contribution in [2.24, 2.45) is 0 Å². The second kappa shape index (κ2) is 8.89. The standard InChI is InChI=1S/C23H20F3N5O2/c1-27-22(33)21-18(3-2-8-28-21)31-19-11-20(29-12-17(19)23(24,25)26)30-15-6-4-14-10-16(32)7-5-13(14)9-15/h2-4,6,8-9,11-12H,5,7,10H2,1H3,(H,27,33)(H2,29,30,31). The SMILES string of the molecule is CNC(=O)c1ncccc1Nc1cc(Nc2ccc3c(c2)CCC(=O)C3)ncc1C(F)(F)F. The lowest BCUT2D eigenvalue weighted by atomic mass is 9.90. The lowest BCUT2D eigenvalue weighted by molar-refractivity contribution is -0.137. The van der Waals surface area contributed by atoms with Crippen LogP contribution in [0.4, 0.5) is 36.1 Å². The molecule has 10 heteroatoms. The number of Topliss-reactive ketones (excluding diaryl/α,β-unsaturated/α-hetero) is 1. The number of anilines is 4. The third-order valence-electron chi connectivity index (χ3n) is 5.27. The van der Waals surface area contributed by atoms with Crippen LogP contribution in [0.25, 0.3) is 0 Å². The van der Waals surface area contributed by atoms with Gasteiger partial charge in [-0.1, -0.05) is 6.07 Å². The molecule has 2 heterocycles. The monoisotopic (exact) mass is 455 g/mol. The first-order valence-electron chi connectivity index (χ1n) is 10.2. The Kier molecular flexibility index (Phi) is 5.99. The van der Waals surface area contributed by atoms with Gasteiger partial charge < -0.3 is 16.0 Å². The highest BCUT2D eigenvalue weighted by Crippen LogP contribution is 2.37. The van der Waals surface area contributed by atoms with Crippen LogP contribution in [0, 0.1) is 0 Å². The third kappa shape index (κ3) is 4.94. The first-order chi connectivity index (χ1) is 15.7. The van der Waals surface area contributed by atoms with E-state index in [2.05, 4.69) is 25.9 Å². The Morgan fingerprint density at radius 2 is 1.82 bits per heavy atom. The van der Waals surface area contributed by atoms with Gasteiger partial charge >= 0.3 is 6.18 Å². The van der Waals surface area contributed by atoms with E-state index in [1.807, 2.05) is 12.1 Å². The number of benzene rings is 1. The lowest BCUT2D eigenvalue weighted by Crippen LogP contribution is -2.21. The van der Waals surface area contributed by atoms with Crippen LogP contribution in [-0.2, 0) is 23.8 Å². The van der Waals surface area contributed by atoms with Crippen molar-refractivity contribution in [3.05, 3.63) is 71.2 Å². The molecule has 0 saturated heterocycles. The molecular formula is C23H20F3N5O2. The lowest BCUT2D eigenvalue weighted by Gasteiger charge is -2.18. The van der Waals surface area contributed by atoms with Crippen molar-refractivity contribution < 1.29 is 22.8 Å². The highest BCUT2D eigenvalue weighted by Gasteiger charge is 2.34. The summed E-state index contributed by atoms with van der Waals surface area (Å²) in [4.78, 5) is 31.6. The summed E-state index contributed by atoms with van der Waals surface area (Å²) in [6.07, 6.45) is -1.06. The van der Waals surface area contributed by atoms with Crippen LogP contribution >= 0.6 is 0 Å². The minimum Gasteiger partial charge on any atom is -0.354 e. The summed E-state index contributed by atoms with van der Waals surface area (Å²) in [5.41, 5.74) is 1.45. The molecule has 1 aliphatic rings. The molecule has 2 aromatic heterocycles.